The number of hydrogen-bond acceptors (Lipinski definition) is 2. The number of alkyl halides is 2. The molecular weight excluding hydrogens is 202 g/mol. The van der Waals surface area contributed by atoms with Gasteiger partial charge in [0.1, 0.15) is 12.0 Å². The van der Waals surface area contributed by atoms with Gasteiger partial charge in [0.15, 0.2) is 0 Å². The average Bonchev–Trinajstić information content (AvgIpc) is 2.01. The first-order valence-corrected chi connectivity index (χ1v) is 3.70. The van der Waals surface area contributed by atoms with E-state index in [0.29, 0.717) is 6.29 Å². The zero-order chi connectivity index (χ0) is 9.84. The molecule has 0 aliphatic carbocycles. The molecule has 1 aromatic rings. The Morgan fingerprint density at radius 1 is 1.38 bits per heavy atom. The van der Waals surface area contributed by atoms with E-state index < -0.39 is 6.61 Å². The van der Waals surface area contributed by atoms with Gasteiger partial charge < -0.3 is 4.74 Å². The van der Waals surface area contributed by atoms with Crippen LogP contribution in [0.2, 0.25) is 5.02 Å². The molecule has 0 heterocycles. The van der Waals surface area contributed by atoms with Crippen LogP contribution < -0.4 is 4.74 Å². The maximum absolute atomic E-state index is 11.7. The third-order valence-electron chi connectivity index (χ3n) is 1.25. The number of hydrogen-bond donors (Lipinski definition) is 0. The molecule has 2 nitrogen and oxygen atoms in total. The Morgan fingerprint density at radius 3 is 2.62 bits per heavy atom. The van der Waals surface area contributed by atoms with Gasteiger partial charge >= 0.3 is 6.61 Å². The summed E-state index contributed by atoms with van der Waals surface area (Å²) < 4.78 is 27.5. The van der Waals surface area contributed by atoms with E-state index in [1.807, 2.05) is 0 Å². The highest BCUT2D eigenvalue weighted by Gasteiger charge is 2.06. The van der Waals surface area contributed by atoms with Gasteiger partial charge in [-0.15, -0.1) is 0 Å². The second-order valence-corrected chi connectivity index (χ2v) is 2.65. The number of carbonyl (C=O) groups excluding carboxylic acids is 1. The number of rotatable bonds is 3. The molecule has 0 radical (unpaired) electrons. The van der Waals surface area contributed by atoms with Crippen LogP contribution in [0.4, 0.5) is 8.78 Å². The quantitative estimate of drug-likeness (QED) is 0.711. The van der Waals surface area contributed by atoms with Crippen molar-refractivity contribution in [2.75, 3.05) is 0 Å². The summed E-state index contributed by atoms with van der Waals surface area (Å²) in [7, 11) is 0. The molecule has 1 aromatic carbocycles. The summed E-state index contributed by atoms with van der Waals surface area (Å²) in [5.74, 6) is -0.121. The number of ether oxygens (including phenoxy) is 1. The lowest BCUT2D eigenvalue weighted by Crippen LogP contribution is -2.02. The monoisotopic (exact) mass is 206 g/mol. The summed E-state index contributed by atoms with van der Waals surface area (Å²) in [6.45, 7) is -2.92. The summed E-state index contributed by atoms with van der Waals surface area (Å²) in [6.07, 6.45) is 0.504. The van der Waals surface area contributed by atoms with Crippen molar-refractivity contribution in [1.29, 1.82) is 0 Å². The third-order valence-corrected chi connectivity index (χ3v) is 1.47. The van der Waals surface area contributed by atoms with Gasteiger partial charge in [-0.3, -0.25) is 4.79 Å². The van der Waals surface area contributed by atoms with Crippen LogP contribution in [-0.4, -0.2) is 12.9 Å². The van der Waals surface area contributed by atoms with E-state index in [9.17, 15) is 13.6 Å². The maximum atomic E-state index is 11.7. The van der Waals surface area contributed by atoms with E-state index >= 15 is 0 Å². The van der Waals surface area contributed by atoms with E-state index in [4.69, 9.17) is 11.6 Å². The standard InChI is InChI=1S/C8H5ClF2O2/c9-6-1-5(4-12)2-7(3-6)13-8(10)11/h1-4,8H. The van der Waals surface area contributed by atoms with E-state index in [2.05, 4.69) is 4.74 Å². The molecule has 1 rings (SSSR count). The molecule has 0 atom stereocenters. The summed E-state index contributed by atoms with van der Waals surface area (Å²) in [5.41, 5.74) is 0.197. The molecule has 5 heteroatoms. The molecule has 70 valence electrons. The number of carbonyl (C=O) groups is 1. The van der Waals surface area contributed by atoms with Gasteiger partial charge in [0.2, 0.25) is 0 Å². The van der Waals surface area contributed by atoms with Gasteiger partial charge in [0.05, 0.1) is 0 Å². The van der Waals surface area contributed by atoms with Crippen molar-refractivity contribution in [3.05, 3.63) is 28.8 Å². The van der Waals surface area contributed by atoms with Gasteiger partial charge in [-0.05, 0) is 18.2 Å². The van der Waals surface area contributed by atoms with Crippen LogP contribution in [0, 0.1) is 0 Å². The molecule has 0 saturated heterocycles. The van der Waals surface area contributed by atoms with E-state index in [1.165, 1.54) is 18.2 Å². The topological polar surface area (TPSA) is 26.3 Å². The lowest BCUT2D eigenvalue weighted by Gasteiger charge is -2.04. The lowest BCUT2D eigenvalue weighted by molar-refractivity contribution is -0.0498. The number of halogens is 3. The fourth-order valence-corrected chi connectivity index (χ4v) is 1.06. The Bertz CT molecular complexity index is 315. The highest BCUT2D eigenvalue weighted by molar-refractivity contribution is 6.31. The van der Waals surface area contributed by atoms with Crippen molar-refractivity contribution in [2.24, 2.45) is 0 Å². The highest BCUT2D eigenvalue weighted by Crippen LogP contribution is 2.21. The van der Waals surface area contributed by atoms with Gasteiger partial charge in [-0.1, -0.05) is 11.6 Å². The fraction of sp³-hybridized carbons (Fsp3) is 0.125. The molecule has 0 aromatic heterocycles. The normalized spacial score (nSPS) is 10.2. The molecule has 0 saturated carbocycles. The van der Waals surface area contributed by atoms with Gasteiger partial charge in [0, 0.05) is 10.6 Å². The van der Waals surface area contributed by atoms with Crippen LogP contribution in [0.1, 0.15) is 10.4 Å². The number of aldehydes is 1. The summed E-state index contributed by atoms with van der Waals surface area (Å²) in [4.78, 5) is 10.3. The minimum atomic E-state index is -2.92. The second-order valence-electron chi connectivity index (χ2n) is 2.22. The zero-order valence-electron chi connectivity index (χ0n) is 6.34. The zero-order valence-corrected chi connectivity index (χ0v) is 7.09. The molecule has 0 bridgehead atoms. The Morgan fingerprint density at radius 2 is 2.08 bits per heavy atom. The van der Waals surface area contributed by atoms with Crippen LogP contribution in [0.5, 0.6) is 5.75 Å². The largest absolute Gasteiger partial charge is 0.435 e. The van der Waals surface area contributed by atoms with Gasteiger partial charge in [-0.2, -0.15) is 8.78 Å². The molecule has 0 aliphatic heterocycles. The van der Waals surface area contributed by atoms with Crippen molar-refractivity contribution >= 4 is 17.9 Å². The van der Waals surface area contributed by atoms with Gasteiger partial charge in [0.25, 0.3) is 0 Å². The molecule has 0 spiro atoms. The lowest BCUT2D eigenvalue weighted by atomic mass is 10.2. The molecule has 0 aliphatic rings. The van der Waals surface area contributed by atoms with Crippen LogP contribution in [0.25, 0.3) is 0 Å². The smallest absolute Gasteiger partial charge is 0.387 e. The summed E-state index contributed by atoms with van der Waals surface area (Å²) in [5, 5.41) is 0.181. The first-order chi connectivity index (χ1) is 6.11. The van der Waals surface area contributed by atoms with E-state index in [1.54, 1.807) is 0 Å². The molecule has 0 amide bonds. The van der Waals surface area contributed by atoms with Crippen molar-refractivity contribution in [3.63, 3.8) is 0 Å². The summed E-state index contributed by atoms with van der Waals surface area (Å²) >= 11 is 5.53. The van der Waals surface area contributed by atoms with E-state index in [0.717, 1.165) is 0 Å². The minimum absolute atomic E-state index is 0.121. The minimum Gasteiger partial charge on any atom is -0.435 e. The molecule has 13 heavy (non-hydrogen) atoms. The fourth-order valence-electron chi connectivity index (χ4n) is 0.823. The molecule has 0 unspecified atom stereocenters. The Hall–Kier alpha value is -1.16. The molecular formula is C8H5ClF2O2. The maximum Gasteiger partial charge on any atom is 0.387 e. The van der Waals surface area contributed by atoms with Crippen molar-refractivity contribution in [2.45, 2.75) is 6.61 Å². The highest BCUT2D eigenvalue weighted by atomic mass is 35.5. The van der Waals surface area contributed by atoms with E-state index in [-0.39, 0.29) is 16.3 Å². The predicted molar refractivity (Wildman–Crippen MR) is 43.5 cm³/mol. The van der Waals surface area contributed by atoms with Crippen LogP contribution in [-0.2, 0) is 0 Å². The van der Waals surface area contributed by atoms with Crippen LogP contribution >= 0.6 is 11.6 Å². The first kappa shape index (κ1) is 9.92. The van der Waals surface area contributed by atoms with Gasteiger partial charge in [-0.25, -0.2) is 0 Å². The molecule has 0 fully saturated rings. The SMILES string of the molecule is O=Cc1cc(Cl)cc(OC(F)F)c1. The van der Waals surface area contributed by atoms with Crippen LogP contribution in [0.15, 0.2) is 18.2 Å². The Labute approximate surface area is 78.1 Å². The Balaban J connectivity index is 2.94. The molecule has 0 N–H and O–H groups in total. The average molecular weight is 207 g/mol. The second kappa shape index (κ2) is 4.18. The Kier molecular flexibility index (Phi) is 3.19. The third kappa shape index (κ3) is 2.99. The van der Waals surface area contributed by atoms with Crippen LogP contribution in [0.3, 0.4) is 0 Å². The summed E-state index contributed by atoms with van der Waals surface area (Å²) in [6, 6.07) is 3.75. The first-order valence-electron chi connectivity index (χ1n) is 3.32. The van der Waals surface area contributed by atoms with Crippen molar-refractivity contribution in [1.82, 2.24) is 0 Å². The van der Waals surface area contributed by atoms with Crippen molar-refractivity contribution < 1.29 is 18.3 Å². The van der Waals surface area contributed by atoms with Crippen molar-refractivity contribution in [3.8, 4) is 5.75 Å². The predicted octanol–water partition coefficient (Wildman–Crippen LogP) is 2.75. The number of benzene rings is 1.